The van der Waals surface area contributed by atoms with Crippen LogP contribution in [0.1, 0.15) is 6.92 Å². The van der Waals surface area contributed by atoms with Crippen LogP contribution in [0.25, 0.3) is 0 Å². The van der Waals surface area contributed by atoms with Crippen molar-refractivity contribution in [3.63, 3.8) is 0 Å². The highest BCUT2D eigenvalue weighted by molar-refractivity contribution is 5.65. The van der Waals surface area contributed by atoms with Gasteiger partial charge in [0.1, 0.15) is 11.9 Å². The average molecular weight is 209 g/mol. The van der Waals surface area contributed by atoms with Gasteiger partial charge < -0.3 is 19.5 Å². The molecule has 1 aliphatic rings. The zero-order chi connectivity index (χ0) is 10.8. The van der Waals surface area contributed by atoms with E-state index in [4.69, 9.17) is 14.2 Å². The first kappa shape index (κ1) is 9.96. The van der Waals surface area contributed by atoms with E-state index in [-0.39, 0.29) is 6.10 Å². The smallest absolute Gasteiger partial charge is 0.164 e. The van der Waals surface area contributed by atoms with Crippen molar-refractivity contribution in [1.29, 1.82) is 0 Å². The Labute approximate surface area is 89.1 Å². The molecule has 0 amide bonds. The lowest BCUT2D eigenvalue weighted by molar-refractivity contribution is 0.224. The lowest BCUT2D eigenvalue weighted by atomic mass is 10.2. The number of ether oxygens (including phenoxy) is 3. The van der Waals surface area contributed by atoms with E-state index in [0.29, 0.717) is 11.5 Å². The average Bonchev–Trinajstić information content (AvgIpc) is 2.27. The van der Waals surface area contributed by atoms with Crippen molar-refractivity contribution in [3.05, 3.63) is 12.1 Å². The second-order valence-electron chi connectivity index (χ2n) is 3.51. The highest BCUT2D eigenvalue weighted by atomic mass is 16.5. The third kappa shape index (κ3) is 1.79. The summed E-state index contributed by atoms with van der Waals surface area (Å²) in [5.74, 6) is 2.21. The van der Waals surface area contributed by atoms with Gasteiger partial charge in [0, 0.05) is 12.1 Å². The van der Waals surface area contributed by atoms with Gasteiger partial charge in [-0.3, -0.25) is 0 Å². The molecule has 0 bridgehead atoms. The maximum Gasteiger partial charge on any atom is 0.164 e. The summed E-state index contributed by atoms with van der Waals surface area (Å²) in [6.07, 6.45) is 0.176. The Bertz CT molecular complexity index is 365. The Morgan fingerprint density at radius 2 is 1.93 bits per heavy atom. The number of rotatable bonds is 2. The molecule has 1 aromatic carbocycles. The maximum atomic E-state index is 5.68. The van der Waals surface area contributed by atoms with Crippen LogP contribution in [0.4, 0.5) is 5.69 Å². The van der Waals surface area contributed by atoms with Crippen molar-refractivity contribution in [2.24, 2.45) is 0 Å². The molecule has 4 nitrogen and oxygen atoms in total. The lowest BCUT2D eigenvalue weighted by Gasteiger charge is -2.25. The molecular weight excluding hydrogens is 194 g/mol. The summed E-state index contributed by atoms with van der Waals surface area (Å²) in [4.78, 5) is 0. The third-order valence-electron chi connectivity index (χ3n) is 2.39. The topological polar surface area (TPSA) is 39.7 Å². The minimum Gasteiger partial charge on any atom is -0.493 e. The quantitative estimate of drug-likeness (QED) is 0.807. The molecule has 0 aromatic heterocycles. The van der Waals surface area contributed by atoms with E-state index in [1.165, 1.54) is 0 Å². The molecule has 1 unspecified atom stereocenters. The number of methoxy groups -OCH3 is 2. The Balaban J connectivity index is 2.41. The number of hydrogen-bond donors (Lipinski definition) is 1. The van der Waals surface area contributed by atoms with Crippen molar-refractivity contribution in [2.45, 2.75) is 13.0 Å². The molecule has 1 heterocycles. The van der Waals surface area contributed by atoms with E-state index in [1.54, 1.807) is 14.2 Å². The van der Waals surface area contributed by atoms with Crippen LogP contribution in [-0.2, 0) is 0 Å². The Kier molecular flexibility index (Phi) is 2.58. The zero-order valence-corrected chi connectivity index (χ0v) is 9.16. The Morgan fingerprint density at radius 1 is 1.27 bits per heavy atom. The monoisotopic (exact) mass is 209 g/mol. The van der Waals surface area contributed by atoms with Crippen LogP contribution in [-0.4, -0.2) is 26.9 Å². The van der Waals surface area contributed by atoms with Crippen LogP contribution in [0.3, 0.4) is 0 Å². The van der Waals surface area contributed by atoms with Gasteiger partial charge in [-0.05, 0) is 6.92 Å². The van der Waals surface area contributed by atoms with Gasteiger partial charge >= 0.3 is 0 Å². The molecule has 0 fully saturated rings. The number of hydrogen-bond acceptors (Lipinski definition) is 4. The van der Waals surface area contributed by atoms with Gasteiger partial charge in [0.15, 0.2) is 11.5 Å². The van der Waals surface area contributed by atoms with E-state index >= 15 is 0 Å². The van der Waals surface area contributed by atoms with Crippen LogP contribution in [0, 0.1) is 0 Å². The fourth-order valence-corrected chi connectivity index (χ4v) is 1.61. The van der Waals surface area contributed by atoms with E-state index in [2.05, 4.69) is 5.32 Å². The first-order valence-electron chi connectivity index (χ1n) is 4.91. The standard InChI is InChI=1S/C11H15NO3/c1-7-6-12-8-4-10(13-2)11(14-3)5-9(8)15-7/h4-5,7,12H,6H2,1-3H3. The van der Waals surface area contributed by atoms with Gasteiger partial charge in [-0.2, -0.15) is 0 Å². The van der Waals surface area contributed by atoms with E-state index < -0.39 is 0 Å². The predicted octanol–water partition coefficient (Wildman–Crippen LogP) is 1.90. The van der Waals surface area contributed by atoms with Crippen LogP contribution in [0.5, 0.6) is 17.2 Å². The van der Waals surface area contributed by atoms with E-state index in [0.717, 1.165) is 18.0 Å². The molecule has 0 radical (unpaired) electrons. The molecule has 4 heteroatoms. The molecule has 82 valence electrons. The van der Waals surface area contributed by atoms with E-state index in [9.17, 15) is 0 Å². The lowest BCUT2D eigenvalue weighted by Crippen LogP contribution is -2.27. The summed E-state index contributed by atoms with van der Waals surface area (Å²) in [5, 5.41) is 3.28. The van der Waals surface area contributed by atoms with Crippen LogP contribution >= 0.6 is 0 Å². The predicted molar refractivity (Wildman–Crippen MR) is 58.1 cm³/mol. The van der Waals surface area contributed by atoms with Crippen LogP contribution < -0.4 is 19.5 Å². The molecule has 1 aromatic rings. The second-order valence-corrected chi connectivity index (χ2v) is 3.51. The summed E-state index contributed by atoms with van der Waals surface area (Å²) in [6, 6.07) is 3.73. The molecule has 0 saturated carbocycles. The fraction of sp³-hybridized carbons (Fsp3) is 0.455. The number of nitrogens with one attached hydrogen (secondary N) is 1. The van der Waals surface area contributed by atoms with Crippen molar-refractivity contribution >= 4 is 5.69 Å². The maximum absolute atomic E-state index is 5.68. The van der Waals surface area contributed by atoms with Crippen LogP contribution in [0.2, 0.25) is 0 Å². The molecule has 2 rings (SSSR count). The molecule has 1 aliphatic heterocycles. The number of anilines is 1. The van der Waals surface area contributed by atoms with Crippen molar-refractivity contribution < 1.29 is 14.2 Å². The zero-order valence-electron chi connectivity index (χ0n) is 9.16. The summed E-state index contributed by atoms with van der Waals surface area (Å²) in [6.45, 7) is 2.83. The summed E-state index contributed by atoms with van der Waals surface area (Å²) in [5.41, 5.74) is 0.950. The normalized spacial score (nSPS) is 18.5. The molecule has 1 atom stereocenters. The largest absolute Gasteiger partial charge is 0.493 e. The molecule has 0 aliphatic carbocycles. The SMILES string of the molecule is COc1cc2c(cc1OC)OC(C)CN2. The summed E-state index contributed by atoms with van der Waals surface area (Å²) >= 11 is 0. The minimum atomic E-state index is 0.176. The number of fused-ring (bicyclic) bond motifs is 1. The summed E-state index contributed by atoms with van der Waals surface area (Å²) in [7, 11) is 3.24. The Morgan fingerprint density at radius 3 is 2.60 bits per heavy atom. The van der Waals surface area contributed by atoms with Crippen molar-refractivity contribution in [3.8, 4) is 17.2 Å². The van der Waals surface area contributed by atoms with Gasteiger partial charge in [0.05, 0.1) is 26.5 Å². The molecular formula is C11H15NO3. The van der Waals surface area contributed by atoms with Crippen LogP contribution in [0.15, 0.2) is 12.1 Å². The first-order chi connectivity index (χ1) is 7.24. The van der Waals surface area contributed by atoms with Crippen molar-refractivity contribution in [1.82, 2.24) is 0 Å². The minimum absolute atomic E-state index is 0.176. The highest BCUT2D eigenvalue weighted by Gasteiger charge is 2.18. The second kappa shape index (κ2) is 3.88. The van der Waals surface area contributed by atoms with Gasteiger partial charge in [-0.25, -0.2) is 0 Å². The fourth-order valence-electron chi connectivity index (χ4n) is 1.61. The van der Waals surface area contributed by atoms with Gasteiger partial charge in [-0.1, -0.05) is 0 Å². The van der Waals surface area contributed by atoms with Gasteiger partial charge in [0.2, 0.25) is 0 Å². The third-order valence-corrected chi connectivity index (χ3v) is 2.39. The summed E-state index contributed by atoms with van der Waals surface area (Å²) < 4.78 is 16.1. The first-order valence-corrected chi connectivity index (χ1v) is 4.91. The van der Waals surface area contributed by atoms with Crippen molar-refractivity contribution in [2.75, 3.05) is 26.1 Å². The highest BCUT2D eigenvalue weighted by Crippen LogP contribution is 2.39. The van der Waals surface area contributed by atoms with E-state index in [1.807, 2.05) is 19.1 Å². The van der Waals surface area contributed by atoms with Gasteiger partial charge in [-0.15, -0.1) is 0 Å². The molecule has 1 N–H and O–H groups in total. The van der Waals surface area contributed by atoms with Gasteiger partial charge in [0.25, 0.3) is 0 Å². The molecule has 0 saturated heterocycles. The number of benzene rings is 1. The molecule has 15 heavy (non-hydrogen) atoms. The molecule has 0 spiro atoms. The Hall–Kier alpha value is -1.58.